The highest BCUT2D eigenvalue weighted by molar-refractivity contribution is 7.15. The predicted octanol–water partition coefficient (Wildman–Crippen LogP) is 7.07. The van der Waals surface area contributed by atoms with Gasteiger partial charge < -0.3 is 15.4 Å². The molecule has 0 saturated carbocycles. The quantitative estimate of drug-likeness (QED) is 0.164. The third-order valence-corrected chi connectivity index (χ3v) is 7.99. The molecular formula is C34H40N4O3S. The van der Waals surface area contributed by atoms with Gasteiger partial charge in [-0.25, -0.2) is 9.78 Å². The third-order valence-electron chi connectivity index (χ3n) is 6.77. The summed E-state index contributed by atoms with van der Waals surface area (Å²) in [4.78, 5) is 31.7. The first-order valence-corrected chi connectivity index (χ1v) is 15.1. The van der Waals surface area contributed by atoms with Crippen LogP contribution >= 0.6 is 11.3 Å². The number of rotatable bonds is 11. The molecule has 0 saturated heterocycles. The van der Waals surface area contributed by atoms with E-state index < -0.39 is 23.3 Å². The van der Waals surface area contributed by atoms with E-state index in [0.717, 1.165) is 21.6 Å². The van der Waals surface area contributed by atoms with Gasteiger partial charge in [-0.1, -0.05) is 105 Å². The zero-order valence-electron chi connectivity index (χ0n) is 24.9. The summed E-state index contributed by atoms with van der Waals surface area (Å²) in [7, 11) is 0. The van der Waals surface area contributed by atoms with Crippen molar-refractivity contribution in [1.82, 2.24) is 15.6 Å². The Balaban J connectivity index is 1.63. The molecule has 0 spiro atoms. The number of carbonyl (C=O) groups is 2. The van der Waals surface area contributed by atoms with E-state index in [1.165, 1.54) is 11.3 Å². The summed E-state index contributed by atoms with van der Waals surface area (Å²) >= 11 is 1.43. The standard InChI is InChI=1S/C34H40N4O3S/c1-24(2)29-23-35-31(42-29)38-30(39)28(37-32(40)41-33(3,4)5)21-22-36-34(25-15-9-6-10-16-25,26-17-11-7-12-18-26)27-19-13-8-14-20-27/h6-20,23-24,28,36H,21-22H2,1-5H3,(H,37,40)(H,35,38,39). The number of aromatic nitrogens is 1. The maximum atomic E-state index is 13.5. The minimum atomic E-state index is -0.862. The molecular weight excluding hydrogens is 544 g/mol. The van der Waals surface area contributed by atoms with Crippen LogP contribution in [0.4, 0.5) is 9.93 Å². The maximum Gasteiger partial charge on any atom is 0.408 e. The molecule has 4 aromatic rings. The molecule has 42 heavy (non-hydrogen) atoms. The molecule has 220 valence electrons. The SMILES string of the molecule is CC(C)c1cnc(NC(=O)C(CCNC(c2ccccc2)(c2ccccc2)c2ccccc2)NC(=O)OC(C)(C)C)s1. The van der Waals surface area contributed by atoms with E-state index in [-0.39, 0.29) is 5.91 Å². The van der Waals surface area contributed by atoms with Crippen molar-refractivity contribution in [1.29, 1.82) is 0 Å². The summed E-state index contributed by atoms with van der Waals surface area (Å²) in [5, 5.41) is 9.98. The fraction of sp³-hybridized carbons (Fsp3) is 0.324. The molecule has 1 heterocycles. The first-order chi connectivity index (χ1) is 20.1. The number of hydrogen-bond donors (Lipinski definition) is 3. The number of amides is 2. The van der Waals surface area contributed by atoms with Crippen LogP contribution in [0.1, 0.15) is 68.5 Å². The van der Waals surface area contributed by atoms with E-state index in [4.69, 9.17) is 4.74 Å². The van der Waals surface area contributed by atoms with E-state index in [9.17, 15) is 9.59 Å². The molecule has 0 bridgehead atoms. The maximum absolute atomic E-state index is 13.5. The van der Waals surface area contributed by atoms with Crippen LogP contribution in [-0.2, 0) is 15.1 Å². The van der Waals surface area contributed by atoms with Gasteiger partial charge in [-0.3, -0.25) is 10.1 Å². The largest absolute Gasteiger partial charge is 0.444 e. The fourth-order valence-electron chi connectivity index (χ4n) is 4.80. The van der Waals surface area contributed by atoms with E-state index >= 15 is 0 Å². The van der Waals surface area contributed by atoms with Crippen molar-refractivity contribution in [3.05, 3.63) is 119 Å². The minimum Gasteiger partial charge on any atom is -0.444 e. The first-order valence-electron chi connectivity index (χ1n) is 14.3. The lowest BCUT2D eigenvalue weighted by Crippen LogP contribution is -2.50. The van der Waals surface area contributed by atoms with Crippen molar-refractivity contribution in [3.63, 3.8) is 0 Å². The van der Waals surface area contributed by atoms with E-state index in [1.807, 2.05) is 54.6 Å². The van der Waals surface area contributed by atoms with Gasteiger partial charge in [-0.2, -0.15) is 0 Å². The molecule has 0 aliphatic carbocycles. The summed E-state index contributed by atoms with van der Waals surface area (Å²) < 4.78 is 5.50. The van der Waals surface area contributed by atoms with Crippen LogP contribution < -0.4 is 16.0 Å². The second kappa shape index (κ2) is 13.8. The van der Waals surface area contributed by atoms with E-state index in [1.54, 1.807) is 27.0 Å². The minimum absolute atomic E-state index is 0.301. The predicted molar refractivity (Wildman–Crippen MR) is 170 cm³/mol. The number of nitrogens with zero attached hydrogens (tertiary/aromatic N) is 1. The highest BCUT2D eigenvalue weighted by atomic mass is 32.1. The molecule has 0 fully saturated rings. The highest BCUT2D eigenvalue weighted by Gasteiger charge is 2.36. The number of hydrogen-bond acceptors (Lipinski definition) is 6. The van der Waals surface area contributed by atoms with Gasteiger partial charge in [0.05, 0.1) is 5.54 Å². The summed E-state index contributed by atoms with van der Waals surface area (Å²) in [6, 6.07) is 29.9. The first kappa shape index (κ1) is 30.9. The molecule has 1 atom stereocenters. The normalized spacial score (nSPS) is 12.5. The summed E-state index contributed by atoms with van der Waals surface area (Å²) in [5.41, 5.74) is 1.79. The lowest BCUT2D eigenvalue weighted by atomic mass is 9.77. The number of anilines is 1. The number of nitrogens with one attached hydrogen (secondary N) is 3. The molecule has 0 aliphatic rings. The summed E-state index contributed by atoms with van der Waals surface area (Å²) in [6.45, 7) is 9.94. The number of alkyl carbamates (subject to hydrolysis) is 1. The van der Waals surface area contributed by atoms with Gasteiger partial charge in [-0.05, 0) is 56.3 Å². The molecule has 7 nitrogen and oxygen atoms in total. The molecule has 0 aliphatic heterocycles. The van der Waals surface area contributed by atoms with Crippen molar-refractivity contribution >= 4 is 28.5 Å². The number of thiazole rings is 1. The van der Waals surface area contributed by atoms with Gasteiger partial charge in [-0.15, -0.1) is 11.3 Å². The lowest BCUT2D eigenvalue weighted by molar-refractivity contribution is -0.118. The van der Waals surface area contributed by atoms with Crippen LogP contribution in [-0.4, -0.2) is 35.2 Å². The van der Waals surface area contributed by atoms with E-state index in [2.05, 4.69) is 71.2 Å². The van der Waals surface area contributed by atoms with Gasteiger partial charge in [0.15, 0.2) is 5.13 Å². The zero-order valence-corrected chi connectivity index (χ0v) is 25.7. The van der Waals surface area contributed by atoms with Crippen LogP contribution in [0.5, 0.6) is 0 Å². The van der Waals surface area contributed by atoms with E-state index in [0.29, 0.717) is 24.0 Å². The number of carbonyl (C=O) groups excluding carboxylic acids is 2. The second-order valence-corrected chi connectivity index (χ2v) is 12.5. The molecule has 0 radical (unpaired) electrons. The van der Waals surface area contributed by atoms with Gasteiger partial charge in [0.25, 0.3) is 0 Å². The number of ether oxygens (including phenoxy) is 1. The fourth-order valence-corrected chi connectivity index (χ4v) is 5.62. The topological polar surface area (TPSA) is 92.4 Å². The summed E-state index contributed by atoms with van der Waals surface area (Å²) in [5.74, 6) is -0.0489. The monoisotopic (exact) mass is 584 g/mol. The molecule has 1 aromatic heterocycles. The third kappa shape index (κ3) is 7.84. The Hall–Kier alpha value is -4.01. The van der Waals surface area contributed by atoms with Crippen molar-refractivity contribution < 1.29 is 14.3 Å². The Morgan fingerprint density at radius 2 is 1.33 bits per heavy atom. The Morgan fingerprint density at radius 3 is 1.76 bits per heavy atom. The van der Waals surface area contributed by atoms with Crippen LogP contribution in [0.2, 0.25) is 0 Å². The Bertz CT molecular complexity index is 1340. The van der Waals surface area contributed by atoms with Crippen LogP contribution in [0.25, 0.3) is 0 Å². The lowest BCUT2D eigenvalue weighted by Gasteiger charge is -2.37. The van der Waals surface area contributed by atoms with Crippen molar-refractivity contribution in [2.45, 2.75) is 64.1 Å². The van der Waals surface area contributed by atoms with Crippen molar-refractivity contribution in [3.8, 4) is 0 Å². The van der Waals surface area contributed by atoms with Crippen LogP contribution in [0.3, 0.4) is 0 Å². The molecule has 8 heteroatoms. The van der Waals surface area contributed by atoms with Crippen molar-refractivity contribution in [2.75, 3.05) is 11.9 Å². The molecule has 4 rings (SSSR count). The molecule has 2 amide bonds. The van der Waals surface area contributed by atoms with Gasteiger partial charge >= 0.3 is 6.09 Å². The molecule has 1 unspecified atom stereocenters. The van der Waals surface area contributed by atoms with Gasteiger partial charge in [0.2, 0.25) is 5.91 Å². The Morgan fingerprint density at radius 1 is 0.833 bits per heavy atom. The highest BCUT2D eigenvalue weighted by Crippen LogP contribution is 2.36. The van der Waals surface area contributed by atoms with Crippen LogP contribution in [0, 0.1) is 0 Å². The average molecular weight is 585 g/mol. The zero-order chi connectivity index (χ0) is 30.2. The van der Waals surface area contributed by atoms with Gasteiger partial charge in [0.1, 0.15) is 11.6 Å². The smallest absolute Gasteiger partial charge is 0.408 e. The van der Waals surface area contributed by atoms with Gasteiger partial charge in [0, 0.05) is 11.1 Å². The number of benzene rings is 3. The van der Waals surface area contributed by atoms with Crippen LogP contribution in [0.15, 0.2) is 97.2 Å². The second-order valence-electron chi connectivity index (χ2n) is 11.5. The molecule has 3 N–H and O–H groups in total. The average Bonchev–Trinajstić information content (AvgIpc) is 3.44. The van der Waals surface area contributed by atoms with Crippen molar-refractivity contribution in [2.24, 2.45) is 0 Å². The Kier molecular flexibility index (Phi) is 10.1. The summed E-state index contributed by atoms with van der Waals surface area (Å²) in [6.07, 6.45) is 1.43. The molecule has 3 aromatic carbocycles. The Labute approximate surface area is 252 Å².